The molecule has 1 N–H and O–H groups in total. The molecule has 0 amide bonds. The van der Waals surface area contributed by atoms with Crippen molar-refractivity contribution in [2.24, 2.45) is 0 Å². The first-order valence-corrected chi connectivity index (χ1v) is 4.84. The normalized spacial score (nSPS) is 10.4. The van der Waals surface area contributed by atoms with Crippen molar-refractivity contribution in [3.05, 3.63) is 41.6 Å². The Morgan fingerprint density at radius 2 is 2.13 bits per heavy atom. The maximum atomic E-state index is 7.05. The molecule has 0 aliphatic carbocycles. The van der Waals surface area contributed by atoms with E-state index >= 15 is 0 Å². The molecule has 0 saturated carbocycles. The Morgan fingerprint density at radius 1 is 1.33 bits per heavy atom. The summed E-state index contributed by atoms with van der Waals surface area (Å²) in [5.41, 5.74) is 1.16. The van der Waals surface area contributed by atoms with E-state index in [0.29, 0.717) is 6.54 Å². The number of aromatic nitrogens is 3. The van der Waals surface area contributed by atoms with Gasteiger partial charge < -0.3 is 9.93 Å². The fourth-order valence-corrected chi connectivity index (χ4v) is 1.39. The van der Waals surface area contributed by atoms with E-state index in [1.54, 1.807) is 0 Å². The zero-order valence-corrected chi connectivity index (χ0v) is 8.26. The van der Waals surface area contributed by atoms with E-state index in [0.717, 1.165) is 12.8 Å². The van der Waals surface area contributed by atoms with Gasteiger partial charge in [0.1, 0.15) is 0 Å². The summed E-state index contributed by atoms with van der Waals surface area (Å²) in [6.07, 6.45) is 1.92. The molecule has 0 spiro atoms. The third-order valence-electron chi connectivity index (χ3n) is 2.09. The van der Waals surface area contributed by atoms with Gasteiger partial charge in [-0.2, -0.15) is 0 Å². The standard InChI is InChI=1S/C10H12N4O/c11-10-12-14(13-15-10)8-4-7-9-5-2-1-3-6-9/h1-3,5-6,11H,4,7-8H2. The number of benzene rings is 1. The summed E-state index contributed by atoms with van der Waals surface area (Å²) < 4.78 is 4.54. The van der Waals surface area contributed by atoms with Crippen LogP contribution < -0.4 is 15.6 Å². The lowest BCUT2D eigenvalue weighted by atomic mass is 10.1. The number of aryl methyl sites for hydroxylation is 2. The Balaban J connectivity index is 1.83. The molecule has 2 rings (SSSR count). The molecule has 5 nitrogen and oxygen atoms in total. The molecule has 15 heavy (non-hydrogen) atoms. The minimum absolute atomic E-state index is 0.144. The second kappa shape index (κ2) is 4.54. The average molecular weight is 204 g/mol. The van der Waals surface area contributed by atoms with E-state index in [9.17, 15) is 0 Å². The van der Waals surface area contributed by atoms with Crippen LogP contribution in [0.2, 0.25) is 0 Å². The average Bonchev–Trinajstić information content (AvgIpc) is 2.66. The lowest BCUT2D eigenvalue weighted by Crippen LogP contribution is -2.42. The molecule has 0 radical (unpaired) electrons. The fraction of sp³-hybridized carbons (Fsp3) is 0.300. The molecule has 0 unspecified atom stereocenters. The van der Waals surface area contributed by atoms with Crippen LogP contribution in [0, 0.1) is 5.41 Å². The van der Waals surface area contributed by atoms with Gasteiger partial charge in [-0.05, 0) is 12.0 Å². The topological polar surface area (TPSA) is 67.9 Å². The second-order valence-electron chi connectivity index (χ2n) is 3.26. The summed E-state index contributed by atoms with van der Waals surface area (Å²) in [5.74, 6) is 0. The van der Waals surface area contributed by atoms with Gasteiger partial charge in [0, 0.05) is 6.42 Å². The first-order chi connectivity index (χ1) is 7.34. The minimum atomic E-state index is -0.144. The molecule has 2 aromatic rings. The lowest BCUT2D eigenvalue weighted by Gasteiger charge is -1.96. The van der Waals surface area contributed by atoms with E-state index < -0.39 is 0 Å². The van der Waals surface area contributed by atoms with Gasteiger partial charge >= 0.3 is 0 Å². The van der Waals surface area contributed by atoms with Gasteiger partial charge in [0.25, 0.3) is 0 Å². The Bertz CT molecular complexity index is 460. The number of nitrogens with zero attached hydrogens (tertiary/aromatic N) is 3. The first-order valence-electron chi connectivity index (χ1n) is 4.84. The Labute approximate surface area is 86.8 Å². The maximum absolute atomic E-state index is 7.05. The highest BCUT2D eigenvalue weighted by atomic mass is 16.5. The third-order valence-corrected chi connectivity index (χ3v) is 2.09. The van der Waals surface area contributed by atoms with E-state index in [4.69, 9.17) is 5.41 Å². The molecule has 1 heterocycles. The predicted molar refractivity (Wildman–Crippen MR) is 50.6 cm³/mol. The van der Waals surface area contributed by atoms with Crippen LogP contribution in [-0.2, 0) is 13.0 Å². The largest absolute Gasteiger partial charge is 0.376 e. The molecule has 1 aromatic heterocycles. The molecule has 5 heteroatoms. The summed E-state index contributed by atoms with van der Waals surface area (Å²) in [6.45, 7) is 0.678. The molecule has 0 bridgehead atoms. The molecule has 0 aliphatic rings. The zero-order valence-electron chi connectivity index (χ0n) is 8.26. The Hall–Kier alpha value is -1.91. The van der Waals surface area contributed by atoms with Crippen LogP contribution in [-0.4, -0.2) is 5.27 Å². The van der Waals surface area contributed by atoms with Crippen molar-refractivity contribution >= 4 is 0 Å². The summed E-state index contributed by atoms with van der Waals surface area (Å²) in [5, 5.41) is 14.4. The van der Waals surface area contributed by atoms with E-state index in [1.807, 2.05) is 18.2 Å². The maximum Gasteiger partial charge on any atom is 0.243 e. The predicted octanol–water partition coefficient (Wildman–Crippen LogP) is 0.0316. The fourth-order valence-electron chi connectivity index (χ4n) is 1.39. The van der Waals surface area contributed by atoms with Gasteiger partial charge in [-0.25, -0.2) is 0 Å². The van der Waals surface area contributed by atoms with E-state index in [1.165, 1.54) is 10.4 Å². The molecule has 0 atom stereocenters. The number of hydrogen-bond donors (Lipinski definition) is 1. The molecule has 0 saturated heterocycles. The smallest absolute Gasteiger partial charge is 0.243 e. The van der Waals surface area contributed by atoms with Gasteiger partial charge in [0.15, 0.2) is 6.54 Å². The number of rotatable bonds is 4. The summed E-state index contributed by atoms with van der Waals surface area (Å²) in [7, 11) is 0. The van der Waals surface area contributed by atoms with Crippen LogP contribution in [0.5, 0.6) is 0 Å². The zero-order chi connectivity index (χ0) is 10.5. The molecular weight excluding hydrogens is 192 g/mol. The molecule has 78 valence electrons. The van der Waals surface area contributed by atoms with E-state index in [2.05, 4.69) is 27.0 Å². The van der Waals surface area contributed by atoms with Crippen LogP contribution in [0.15, 0.2) is 34.9 Å². The van der Waals surface area contributed by atoms with Crippen LogP contribution in [0.4, 0.5) is 0 Å². The number of nitrogens with one attached hydrogen (secondary N) is 1. The van der Waals surface area contributed by atoms with Crippen molar-refractivity contribution in [3.8, 4) is 0 Å². The third kappa shape index (κ3) is 2.77. The van der Waals surface area contributed by atoms with Gasteiger partial charge in [-0.1, -0.05) is 40.2 Å². The molecule has 0 fully saturated rings. The number of hydrogen-bond acceptors (Lipinski definition) is 3. The summed E-state index contributed by atoms with van der Waals surface area (Å²) in [4.78, 5) is 1.41. The summed E-state index contributed by atoms with van der Waals surface area (Å²) >= 11 is 0. The first kappa shape index (κ1) is 9.64. The van der Waals surface area contributed by atoms with Crippen LogP contribution >= 0.6 is 0 Å². The van der Waals surface area contributed by atoms with Crippen molar-refractivity contribution in [1.82, 2.24) is 10.4 Å². The summed E-state index contributed by atoms with van der Waals surface area (Å²) in [6, 6.07) is 10.2. The van der Waals surface area contributed by atoms with Crippen molar-refractivity contribution < 1.29 is 9.32 Å². The quantitative estimate of drug-likeness (QED) is 0.714. The van der Waals surface area contributed by atoms with Crippen molar-refractivity contribution in [2.45, 2.75) is 19.4 Å². The van der Waals surface area contributed by atoms with Crippen molar-refractivity contribution in [1.29, 1.82) is 5.41 Å². The SMILES string of the molecule is N=c1[n-][n+](CCCc2ccccc2)no1. The van der Waals surface area contributed by atoms with Crippen LogP contribution in [0.1, 0.15) is 12.0 Å². The highest BCUT2D eigenvalue weighted by Gasteiger charge is 2.00. The molecular formula is C10H12N4O. The highest BCUT2D eigenvalue weighted by Crippen LogP contribution is 2.01. The molecule has 0 aliphatic heterocycles. The van der Waals surface area contributed by atoms with Crippen molar-refractivity contribution in [3.63, 3.8) is 0 Å². The monoisotopic (exact) mass is 204 g/mol. The van der Waals surface area contributed by atoms with Gasteiger partial charge in [0.05, 0.1) is 5.27 Å². The second-order valence-corrected chi connectivity index (χ2v) is 3.26. The molecule has 1 aromatic carbocycles. The Morgan fingerprint density at radius 3 is 2.80 bits per heavy atom. The van der Waals surface area contributed by atoms with Crippen LogP contribution in [0.25, 0.3) is 0 Å². The lowest BCUT2D eigenvalue weighted by molar-refractivity contribution is -0.816. The van der Waals surface area contributed by atoms with Gasteiger partial charge in [-0.3, -0.25) is 0 Å². The van der Waals surface area contributed by atoms with Gasteiger partial charge in [-0.15, -0.1) is 0 Å². The van der Waals surface area contributed by atoms with E-state index in [-0.39, 0.29) is 5.68 Å². The van der Waals surface area contributed by atoms with Crippen molar-refractivity contribution in [2.75, 3.05) is 0 Å². The Kier molecular flexibility index (Phi) is 2.92. The minimum Gasteiger partial charge on any atom is -0.376 e. The van der Waals surface area contributed by atoms with Crippen LogP contribution in [0.3, 0.4) is 0 Å². The van der Waals surface area contributed by atoms with Gasteiger partial charge in [0.2, 0.25) is 5.68 Å². The highest BCUT2D eigenvalue weighted by molar-refractivity contribution is 5.14.